The van der Waals surface area contributed by atoms with Crippen LogP contribution in [-0.2, 0) is 4.79 Å². The highest BCUT2D eigenvalue weighted by molar-refractivity contribution is 7.09. The molecule has 1 saturated heterocycles. The second-order valence-corrected chi connectivity index (χ2v) is 5.54. The van der Waals surface area contributed by atoms with Crippen molar-refractivity contribution in [3.8, 4) is 0 Å². The average molecular weight is 254 g/mol. The summed E-state index contributed by atoms with van der Waals surface area (Å²) < 4.78 is 0. The van der Waals surface area contributed by atoms with Gasteiger partial charge in [0, 0.05) is 11.8 Å². The van der Waals surface area contributed by atoms with E-state index in [1.165, 1.54) is 12.1 Å². The topological polar surface area (TPSA) is 53.4 Å². The maximum atomic E-state index is 10.5. The first kappa shape index (κ1) is 12.5. The van der Waals surface area contributed by atoms with Gasteiger partial charge in [0.2, 0.25) is 0 Å². The molecule has 0 spiro atoms. The number of aryl methyl sites for hydroxylation is 1. The number of hydrogen-bond acceptors (Lipinski definition) is 4. The highest BCUT2D eigenvalue weighted by atomic mass is 32.1. The fourth-order valence-corrected chi connectivity index (χ4v) is 3.05. The first-order chi connectivity index (χ1) is 8.16. The van der Waals surface area contributed by atoms with Crippen LogP contribution in [0, 0.1) is 6.92 Å². The molecule has 4 nitrogen and oxygen atoms in total. The summed E-state index contributed by atoms with van der Waals surface area (Å²) in [7, 11) is 0. The minimum atomic E-state index is -0.703. The number of thiazole rings is 1. The molecule has 1 atom stereocenters. The molecular formula is C12H18N2O2S. The Labute approximate surface area is 105 Å². The molecule has 2 heterocycles. The van der Waals surface area contributed by atoms with Gasteiger partial charge in [0.15, 0.2) is 0 Å². The molecule has 0 saturated carbocycles. The molecule has 1 fully saturated rings. The molecule has 1 N–H and O–H groups in total. The van der Waals surface area contributed by atoms with Crippen LogP contribution < -0.4 is 0 Å². The van der Waals surface area contributed by atoms with E-state index in [-0.39, 0.29) is 6.42 Å². The third-order valence-electron chi connectivity index (χ3n) is 3.18. The Morgan fingerprint density at radius 3 is 3.18 bits per heavy atom. The number of aliphatic carboxylic acids is 1. The summed E-state index contributed by atoms with van der Waals surface area (Å²) in [6.07, 6.45) is 3.33. The number of nitrogens with zero attached hydrogens (tertiary/aromatic N) is 2. The van der Waals surface area contributed by atoms with Crippen LogP contribution in [0.1, 0.15) is 42.4 Å². The number of carboxylic acid groups (broad SMARTS) is 1. The van der Waals surface area contributed by atoms with Crippen LogP contribution in [0.4, 0.5) is 0 Å². The molecule has 0 unspecified atom stereocenters. The van der Waals surface area contributed by atoms with Gasteiger partial charge in [-0.05, 0) is 39.3 Å². The summed E-state index contributed by atoms with van der Waals surface area (Å²) in [5.41, 5.74) is 1.17. The molecule has 0 bridgehead atoms. The summed E-state index contributed by atoms with van der Waals surface area (Å²) >= 11 is 1.69. The lowest BCUT2D eigenvalue weighted by Crippen LogP contribution is -2.25. The van der Waals surface area contributed by atoms with Crippen LogP contribution >= 0.6 is 11.3 Å². The Balaban J connectivity index is 1.91. The fraction of sp³-hybridized carbons (Fsp3) is 0.667. The van der Waals surface area contributed by atoms with Crippen molar-refractivity contribution in [1.29, 1.82) is 0 Å². The highest BCUT2D eigenvalue weighted by Gasteiger charge is 2.27. The molecule has 1 aliphatic rings. The number of carboxylic acids is 1. The SMILES string of the molecule is Cc1nc([C@H]2CCCN2CCCC(=O)O)cs1. The van der Waals surface area contributed by atoms with Gasteiger partial charge in [0.05, 0.1) is 16.7 Å². The molecule has 1 aromatic heterocycles. The summed E-state index contributed by atoms with van der Waals surface area (Å²) in [6.45, 7) is 3.96. The zero-order valence-electron chi connectivity index (χ0n) is 10.1. The standard InChI is InChI=1S/C12H18N2O2S/c1-9-13-10(8-17-9)11-4-2-6-14(11)7-3-5-12(15)16/h8,11H,2-7H2,1H3,(H,15,16)/t11-/m1/s1. The average Bonchev–Trinajstić information content (AvgIpc) is 2.86. The lowest BCUT2D eigenvalue weighted by Gasteiger charge is -2.22. The third-order valence-corrected chi connectivity index (χ3v) is 3.97. The number of rotatable bonds is 5. The third kappa shape index (κ3) is 3.26. The Morgan fingerprint density at radius 1 is 1.71 bits per heavy atom. The maximum Gasteiger partial charge on any atom is 0.303 e. The lowest BCUT2D eigenvalue weighted by atomic mass is 10.1. The van der Waals surface area contributed by atoms with Crippen molar-refractivity contribution in [2.45, 2.75) is 38.6 Å². The maximum absolute atomic E-state index is 10.5. The van der Waals surface area contributed by atoms with E-state index >= 15 is 0 Å². The van der Waals surface area contributed by atoms with Crippen molar-refractivity contribution >= 4 is 17.3 Å². The zero-order valence-corrected chi connectivity index (χ0v) is 10.9. The van der Waals surface area contributed by atoms with Gasteiger partial charge in [-0.3, -0.25) is 9.69 Å². The molecule has 1 aromatic rings. The Hall–Kier alpha value is -0.940. The fourth-order valence-electron chi connectivity index (χ4n) is 2.40. The van der Waals surface area contributed by atoms with Gasteiger partial charge in [-0.2, -0.15) is 0 Å². The summed E-state index contributed by atoms with van der Waals surface area (Å²) in [5.74, 6) is -0.703. The van der Waals surface area contributed by atoms with Crippen LogP contribution in [0.3, 0.4) is 0 Å². The summed E-state index contributed by atoms with van der Waals surface area (Å²) in [5, 5.41) is 11.9. The number of aromatic nitrogens is 1. The largest absolute Gasteiger partial charge is 0.481 e. The van der Waals surface area contributed by atoms with Crippen molar-refractivity contribution in [2.24, 2.45) is 0 Å². The molecule has 94 valence electrons. The first-order valence-electron chi connectivity index (χ1n) is 6.04. The monoisotopic (exact) mass is 254 g/mol. The lowest BCUT2D eigenvalue weighted by molar-refractivity contribution is -0.137. The molecular weight excluding hydrogens is 236 g/mol. The molecule has 0 aliphatic carbocycles. The van der Waals surface area contributed by atoms with Crippen LogP contribution in [0.5, 0.6) is 0 Å². The Morgan fingerprint density at radius 2 is 2.53 bits per heavy atom. The smallest absolute Gasteiger partial charge is 0.303 e. The van der Waals surface area contributed by atoms with Gasteiger partial charge in [-0.1, -0.05) is 0 Å². The molecule has 0 aromatic carbocycles. The first-order valence-corrected chi connectivity index (χ1v) is 6.92. The van der Waals surface area contributed by atoms with Gasteiger partial charge in [0.1, 0.15) is 0 Å². The molecule has 0 radical (unpaired) electrons. The Kier molecular flexibility index (Phi) is 4.12. The van der Waals surface area contributed by atoms with E-state index in [9.17, 15) is 4.79 Å². The number of hydrogen-bond donors (Lipinski definition) is 1. The molecule has 0 amide bonds. The van der Waals surface area contributed by atoms with E-state index in [0.717, 1.165) is 30.9 Å². The predicted molar refractivity (Wildman–Crippen MR) is 67.3 cm³/mol. The van der Waals surface area contributed by atoms with E-state index in [1.807, 2.05) is 6.92 Å². The van der Waals surface area contributed by atoms with E-state index in [1.54, 1.807) is 11.3 Å². The predicted octanol–water partition coefficient (Wildman–Crippen LogP) is 2.45. The number of carbonyl (C=O) groups is 1. The Bertz CT molecular complexity index is 392. The molecule has 5 heteroatoms. The van der Waals surface area contributed by atoms with Crippen molar-refractivity contribution in [3.05, 3.63) is 16.1 Å². The van der Waals surface area contributed by atoms with Crippen molar-refractivity contribution in [1.82, 2.24) is 9.88 Å². The van der Waals surface area contributed by atoms with Crippen LogP contribution in [0.25, 0.3) is 0 Å². The van der Waals surface area contributed by atoms with Crippen LogP contribution in [0.15, 0.2) is 5.38 Å². The van der Waals surface area contributed by atoms with Crippen LogP contribution in [0.2, 0.25) is 0 Å². The molecule has 17 heavy (non-hydrogen) atoms. The van der Waals surface area contributed by atoms with Crippen molar-refractivity contribution in [3.63, 3.8) is 0 Å². The van der Waals surface area contributed by atoms with Crippen molar-refractivity contribution in [2.75, 3.05) is 13.1 Å². The normalized spacial score (nSPS) is 20.9. The van der Waals surface area contributed by atoms with E-state index in [2.05, 4.69) is 15.3 Å². The van der Waals surface area contributed by atoms with E-state index in [4.69, 9.17) is 5.11 Å². The second kappa shape index (κ2) is 5.60. The summed E-state index contributed by atoms with van der Waals surface area (Å²) in [4.78, 5) is 17.4. The van der Waals surface area contributed by atoms with Gasteiger partial charge in [-0.15, -0.1) is 11.3 Å². The van der Waals surface area contributed by atoms with Gasteiger partial charge >= 0.3 is 5.97 Å². The minimum Gasteiger partial charge on any atom is -0.481 e. The van der Waals surface area contributed by atoms with Gasteiger partial charge in [-0.25, -0.2) is 4.98 Å². The zero-order chi connectivity index (χ0) is 12.3. The molecule has 2 rings (SSSR count). The number of likely N-dealkylation sites (tertiary alicyclic amines) is 1. The van der Waals surface area contributed by atoms with E-state index < -0.39 is 5.97 Å². The van der Waals surface area contributed by atoms with Crippen LogP contribution in [-0.4, -0.2) is 34.0 Å². The van der Waals surface area contributed by atoms with E-state index in [0.29, 0.717) is 6.04 Å². The summed E-state index contributed by atoms with van der Waals surface area (Å²) in [6, 6.07) is 0.411. The highest BCUT2D eigenvalue weighted by Crippen LogP contribution is 2.32. The van der Waals surface area contributed by atoms with Gasteiger partial charge in [0.25, 0.3) is 0 Å². The quantitative estimate of drug-likeness (QED) is 0.877. The second-order valence-electron chi connectivity index (χ2n) is 4.48. The minimum absolute atomic E-state index is 0.263. The van der Waals surface area contributed by atoms with Crippen molar-refractivity contribution < 1.29 is 9.90 Å². The molecule has 1 aliphatic heterocycles. The van der Waals surface area contributed by atoms with Gasteiger partial charge < -0.3 is 5.11 Å².